The predicted octanol–water partition coefficient (Wildman–Crippen LogP) is 5.66. The van der Waals surface area contributed by atoms with Crippen LogP contribution in [-0.2, 0) is 30.2 Å². The molecule has 1 unspecified atom stereocenters. The lowest BCUT2D eigenvalue weighted by molar-refractivity contribution is -0.157. The van der Waals surface area contributed by atoms with Gasteiger partial charge in [-0.1, -0.05) is 45.6 Å². The molecule has 2 atom stereocenters. The van der Waals surface area contributed by atoms with Crippen LogP contribution >= 0.6 is 0 Å². The molecular weight excluding hydrogens is 522 g/mol. The molecule has 0 aliphatic heterocycles. The maximum absolute atomic E-state index is 12.3. The van der Waals surface area contributed by atoms with Crippen molar-refractivity contribution >= 4 is 24.2 Å². The van der Waals surface area contributed by atoms with Gasteiger partial charge in [-0.2, -0.15) is 0 Å². The minimum Gasteiger partial charge on any atom is -0.480 e. The van der Waals surface area contributed by atoms with Gasteiger partial charge in [0.1, 0.15) is 12.1 Å². The monoisotopic (exact) mass is 567 g/mol. The molecule has 1 aromatic rings. The van der Waals surface area contributed by atoms with E-state index >= 15 is 0 Å². The lowest BCUT2D eigenvalue weighted by atomic mass is 9.97. The average Bonchev–Trinajstić information content (AvgIpc) is 2.87. The second kappa shape index (κ2) is 18.1. The summed E-state index contributed by atoms with van der Waals surface area (Å²) in [5.41, 5.74) is -0.198. The summed E-state index contributed by atoms with van der Waals surface area (Å²) in [6, 6.07) is 3.32. The van der Waals surface area contributed by atoms with Crippen molar-refractivity contribution in [1.82, 2.24) is 5.32 Å². The van der Waals surface area contributed by atoms with Crippen LogP contribution < -0.4 is 14.8 Å². The first-order valence-electron chi connectivity index (χ1n) is 13.9. The van der Waals surface area contributed by atoms with E-state index in [9.17, 15) is 24.3 Å². The van der Waals surface area contributed by atoms with Crippen LogP contribution in [0.2, 0.25) is 0 Å². The fourth-order valence-electron chi connectivity index (χ4n) is 3.29. The van der Waals surface area contributed by atoms with Gasteiger partial charge in [-0.3, -0.25) is 9.59 Å². The molecule has 11 heteroatoms. The Morgan fingerprint density at radius 3 is 1.93 bits per heavy atom. The van der Waals surface area contributed by atoms with Crippen molar-refractivity contribution in [2.75, 3.05) is 19.8 Å². The highest BCUT2D eigenvalue weighted by atomic mass is 16.7. The van der Waals surface area contributed by atoms with Crippen molar-refractivity contribution in [2.24, 2.45) is 5.41 Å². The largest absolute Gasteiger partial charge is 0.513 e. The van der Waals surface area contributed by atoms with Crippen molar-refractivity contribution in [2.45, 2.75) is 98.6 Å². The predicted molar refractivity (Wildman–Crippen MR) is 148 cm³/mol. The second-order valence-corrected chi connectivity index (χ2v) is 10.6. The summed E-state index contributed by atoms with van der Waals surface area (Å²) in [6.45, 7) is 11.4. The number of hydrogen-bond donors (Lipinski definition) is 2. The van der Waals surface area contributed by atoms with Crippen LogP contribution in [0.4, 0.5) is 9.59 Å². The zero-order valence-electron chi connectivity index (χ0n) is 24.6. The number of rotatable bonds is 17. The van der Waals surface area contributed by atoms with E-state index in [0.29, 0.717) is 18.4 Å². The summed E-state index contributed by atoms with van der Waals surface area (Å²) in [5.74, 6) is -1.70. The summed E-state index contributed by atoms with van der Waals surface area (Å²) in [4.78, 5) is 48.5. The second-order valence-electron chi connectivity index (χ2n) is 10.6. The average molecular weight is 568 g/mol. The molecule has 0 fully saturated rings. The number of carbonyl (C=O) groups is 4. The number of ether oxygens (including phenoxy) is 5. The van der Waals surface area contributed by atoms with E-state index in [-0.39, 0.29) is 37.7 Å². The van der Waals surface area contributed by atoms with Gasteiger partial charge in [0, 0.05) is 6.54 Å². The van der Waals surface area contributed by atoms with Crippen molar-refractivity contribution in [3.8, 4) is 11.5 Å². The molecule has 0 saturated carbocycles. The first kappa shape index (κ1) is 34.7. The fraction of sp³-hybridized carbons (Fsp3) is 0.655. The van der Waals surface area contributed by atoms with Crippen LogP contribution in [0.3, 0.4) is 0 Å². The topological polar surface area (TPSA) is 147 Å². The number of unbranched alkanes of at least 4 members (excludes halogenated alkanes) is 4. The number of carbonyl (C=O) groups excluding carboxylic acids is 3. The summed E-state index contributed by atoms with van der Waals surface area (Å²) >= 11 is 0. The van der Waals surface area contributed by atoms with Gasteiger partial charge in [0.05, 0.1) is 18.6 Å². The molecule has 0 bridgehead atoms. The molecule has 1 aromatic carbocycles. The Morgan fingerprint density at radius 1 is 0.875 bits per heavy atom. The minimum atomic E-state index is -1.12. The van der Waals surface area contributed by atoms with E-state index in [1.54, 1.807) is 33.8 Å². The van der Waals surface area contributed by atoms with Crippen LogP contribution in [0.1, 0.15) is 85.6 Å². The summed E-state index contributed by atoms with van der Waals surface area (Å²) in [6.07, 6.45) is 2.58. The number of carboxylic acids is 1. The van der Waals surface area contributed by atoms with Crippen LogP contribution in [0, 0.1) is 5.41 Å². The summed E-state index contributed by atoms with van der Waals surface area (Å²) < 4.78 is 26.1. The van der Waals surface area contributed by atoms with Crippen molar-refractivity contribution in [3.05, 3.63) is 23.8 Å². The summed E-state index contributed by atoms with van der Waals surface area (Å²) in [7, 11) is 0. The standard InChI is InChI=1S/C29H45NO10/c1-7-9-11-15-36-27(34)39-23-14-13-21(18-24(23)40-28(35)37-16-12-10-8-2)17-22(25(31)32)30-19-20(3)38-26(33)29(4,5)6/h13-14,18,20,22,30H,7-12,15-17,19H2,1-6H3,(H,31,32)/t20?,22-/m0/s1. The van der Waals surface area contributed by atoms with Crippen LogP contribution in [0.5, 0.6) is 11.5 Å². The molecule has 0 aromatic heterocycles. The Kier molecular flexibility index (Phi) is 15.7. The molecule has 0 heterocycles. The van der Waals surface area contributed by atoms with Gasteiger partial charge >= 0.3 is 24.2 Å². The Labute approximate surface area is 236 Å². The Morgan fingerprint density at radius 2 is 1.43 bits per heavy atom. The maximum atomic E-state index is 12.3. The SMILES string of the molecule is CCCCCOC(=O)Oc1ccc(C[C@H](NCC(C)OC(=O)C(C)(C)C)C(=O)O)cc1OC(=O)OCCCCC. The van der Waals surface area contributed by atoms with E-state index in [2.05, 4.69) is 5.32 Å². The van der Waals surface area contributed by atoms with Crippen LogP contribution in [0.15, 0.2) is 18.2 Å². The number of benzene rings is 1. The number of esters is 1. The van der Waals surface area contributed by atoms with Gasteiger partial charge in [-0.25, -0.2) is 9.59 Å². The normalized spacial score (nSPS) is 12.7. The molecule has 0 spiro atoms. The molecule has 226 valence electrons. The van der Waals surface area contributed by atoms with Crippen LogP contribution in [0.25, 0.3) is 0 Å². The van der Waals surface area contributed by atoms with Crippen molar-refractivity contribution < 1.29 is 48.0 Å². The van der Waals surface area contributed by atoms with Crippen molar-refractivity contribution in [3.63, 3.8) is 0 Å². The number of hydrogen-bond acceptors (Lipinski definition) is 10. The van der Waals surface area contributed by atoms with E-state index in [1.165, 1.54) is 12.1 Å². The van der Waals surface area contributed by atoms with Gasteiger partial charge in [-0.15, -0.1) is 0 Å². The maximum Gasteiger partial charge on any atom is 0.513 e. The number of aliphatic carboxylic acids is 1. The number of carboxylic acid groups (broad SMARTS) is 1. The molecule has 0 aliphatic carbocycles. The van der Waals surface area contributed by atoms with Gasteiger partial charge in [0.2, 0.25) is 0 Å². The molecule has 0 aliphatic rings. The molecule has 0 radical (unpaired) electrons. The summed E-state index contributed by atoms with van der Waals surface area (Å²) in [5, 5.41) is 12.6. The number of nitrogens with one attached hydrogen (secondary N) is 1. The zero-order valence-corrected chi connectivity index (χ0v) is 24.6. The highest BCUT2D eigenvalue weighted by Gasteiger charge is 2.26. The van der Waals surface area contributed by atoms with Gasteiger partial charge in [0.25, 0.3) is 0 Å². The van der Waals surface area contributed by atoms with Crippen LogP contribution in [-0.4, -0.2) is 61.3 Å². The Bertz CT molecular complexity index is 957. The Balaban J connectivity index is 2.97. The molecule has 0 saturated heterocycles. The molecule has 11 nitrogen and oxygen atoms in total. The van der Waals surface area contributed by atoms with E-state index in [1.807, 2.05) is 13.8 Å². The van der Waals surface area contributed by atoms with E-state index in [4.69, 9.17) is 23.7 Å². The third-order valence-corrected chi connectivity index (χ3v) is 5.64. The molecular formula is C29H45NO10. The van der Waals surface area contributed by atoms with Gasteiger partial charge < -0.3 is 34.1 Å². The lowest BCUT2D eigenvalue weighted by Crippen LogP contribution is -2.43. The lowest BCUT2D eigenvalue weighted by Gasteiger charge is -2.23. The highest BCUT2D eigenvalue weighted by Crippen LogP contribution is 2.30. The highest BCUT2D eigenvalue weighted by molar-refractivity contribution is 5.76. The minimum absolute atomic E-state index is 0.00107. The first-order chi connectivity index (χ1) is 18.9. The van der Waals surface area contributed by atoms with Gasteiger partial charge in [0.15, 0.2) is 11.5 Å². The zero-order chi connectivity index (χ0) is 30.1. The third-order valence-electron chi connectivity index (χ3n) is 5.64. The molecule has 0 amide bonds. The van der Waals surface area contributed by atoms with Crippen molar-refractivity contribution in [1.29, 1.82) is 0 Å². The smallest absolute Gasteiger partial charge is 0.480 e. The molecule has 2 N–H and O–H groups in total. The molecule has 40 heavy (non-hydrogen) atoms. The van der Waals surface area contributed by atoms with Gasteiger partial charge in [-0.05, 0) is 64.7 Å². The van der Waals surface area contributed by atoms with E-state index < -0.39 is 41.8 Å². The quantitative estimate of drug-likeness (QED) is 0.104. The molecule has 1 rings (SSSR count). The first-order valence-corrected chi connectivity index (χ1v) is 13.9. The third kappa shape index (κ3) is 14.2. The fourth-order valence-corrected chi connectivity index (χ4v) is 3.29. The Hall–Kier alpha value is -3.34. The van der Waals surface area contributed by atoms with E-state index in [0.717, 1.165) is 25.7 Å².